The maximum atomic E-state index is 11.1. The summed E-state index contributed by atoms with van der Waals surface area (Å²) in [6.07, 6.45) is -0.0888. The third kappa shape index (κ3) is 6.02. The number of nitrogens with one attached hydrogen (secondary N) is 1. The molecule has 0 atom stereocenters. The summed E-state index contributed by atoms with van der Waals surface area (Å²) in [4.78, 5) is 22.1. The van der Waals surface area contributed by atoms with Crippen LogP contribution in [0.4, 0.5) is 0 Å². The van der Waals surface area contributed by atoms with Gasteiger partial charge in [-0.2, -0.15) is 5.10 Å². The van der Waals surface area contributed by atoms with Gasteiger partial charge < -0.3 is 0 Å². The van der Waals surface area contributed by atoms with Crippen molar-refractivity contribution in [3.05, 3.63) is 0 Å². The lowest BCUT2D eigenvalue weighted by Crippen LogP contribution is -2.23. The first kappa shape index (κ1) is 11.8. The quantitative estimate of drug-likeness (QED) is 0.404. The molecule has 4 heteroatoms. The molecule has 0 rings (SSSR count). The maximum absolute atomic E-state index is 11.1. The van der Waals surface area contributed by atoms with Crippen LogP contribution in [0, 0.1) is 5.92 Å². The Kier molecular flexibility index (Phi) is 4.96. The summed E-state index contributed by atoms with van der Waals surface area (Å²) in [5, 5.41) is 3.70. The van der Waals surface area contributed by atoms with Crippen molar-refractivity contribution in [2.24, 2.45) is 11.0 Å². The lowest BCUT2D eigenvalue weighted by Gasteiger charge is -2.02. The number of hydrogen-bond donors (Lipinski definition) is 1. The first-order chi connectivity index (χ1) is 5.93. The Morgan fingerprint density at radius 2 is 1.85 bits per heavy atom. The van der Waals surface area contributed by atoms with E-state index in [4.69, 9.17) is 0 Å². The lowest BCUT2D eigenvalue weighted by atomic mass is 10.1. The fraction of sp³-hybridized carbons (Fsp3) is 0.667. The standard InChI is InChI=1S/C9H16N2O2/c1-6(2)8(12)5-9(13)11-10-7(3)4/h6H,5H2,1-4H3,(H,11,13). The second-order valence-electron chi connectivity index (χ2n) is 3.39. The smallest absolute Gasteiger partial charge is 0.247 e. The number of ketones is 1. The molecule has 1 amide bonds. The van der Waals surface area contributed by atoms with Crippen LogP contribution < -0.4 is 5.43 Å². The van der Waals surface area contributed by atoms with E-state index in [0.29, 0.717) is 0 Å². The minimum Gasteiger partial charge on any atom is -0.299 e. The minimum absolute atomic E-state index is 0.0681. The van der Waals surface area contributed by atoms with Crippen molar-refractivity contribution < 1.29 is 9.59 Å². The molecule has 4 nitrogen and oxygen atoms in total. The van der Waals surface area contributed by atoms with Gasteiger partial charge in [0.2, 0.25) is 5.91 Å². The molecule has 0 aliphatic carbocycles. The van der Waals surface area contributed by atoms with Gasteiger partial charge in [-0.3, -0.25) is 9.59 Å². The molecule has 0 saturated carbocycles. The third-order valence-electron chi connectivity index (χ3n) is 1.38. The molecule has 0 bridgehead atoms. The van der Waals surface area contributed by atoms with Crippen LogP contribution in [0.3, 0.4) is 0 Å². The van der Waals surface area contributed by atoms with Gasteiger partial charge in [-0.05, 0) is 13.8 Å². The molecule has 0 fully saturated rings. The summed E-state index contributed by atoms with van der Waals surface area (Å²) in [6, 6.07) is 0. The zero-order valence-corrected chi connectivity index (χ0v) is 8.55. The molecule has 0 saturated heterocycles. The molecule has 13 heavy (non-hydrogen) atoms. The highest BCUT2D eigenvalue weighted by Crippen LogP contribution is 1.97. The van der Waals surface area contributed by atoms with Gasteiger partial charge >= 0.3 is 0 Å². The highest BCUT2D eigenvalue weighted by Gasteiger charge is 2.11. The van der Waals surface area contributed by atoms with Crippen LogP contribution in [0.5, 0.6) is 0 Å². The number of carbonyl (C=O) groups is 2. The van der Waals surface area contributed by atoms with Crippen molar-refractivity contribution >= 4 is 17.4 Å². The van der Waals surface area contributed by atoms with Gasteiger partial charge in [-0.1, -0.05) is 13.8 Å². The molecule has 0 aliphatic rings. The fourth-order valence-electron chi connectivity index (χ4n) is 0.576. The SMILES string of the molecule is CC(C)=NNC(=O)CC(=O)C(C)C. The van der Waals surface area contributed by atoms with Gasteiger partial charge in [0.05, 0.1) is 6.42 Å². The molecule has 0 aromatic rings. The van der Waals surface area contributed by atoms with Crippen LogP contribution in [0.15, 0.2) is 5.10 Å². The maximum Gasteiger partial charge on any atom is 0.247 e. The Morgan fingerprint density at radius 3 is 2.23 bits per heavy atom. The van der Waals surface area contributed by atoms with E-state index < -0.39 is 0 Å². The van der Waals surface area contributed by atoms with Gasteiger partial charge in [-0.25, -0.2) is 5.43 Å². The fourth-order valence-corrected chi connectivity index (χ4v) is 0.576. The Hall–Kier alpha value is -1.19. The van der Waals surface area contributed by atoms with Gasteiger partial charge in [-0.15, -0.1) is 0 Å². The summed E-state index contributed by atoms with van der Waals surface area (Å²) < 4.78 is 0. The molecular formula is C9H16N2O2. The molecule has 0 radical (unpaired) electrons. The largest absolute Gasteiger partial charge is 0.299 e. The van der Waals surface area contributed by atoms with Crippen LogP contribution in [-0.2, 0) is 9.59 Å². The number of Topliss-reactive ketones (excluding diaryl/α,β-unsaturated/α-hetero) is 1. The zero-order valence-electron chi connectivity index (χ0n) is 8.55. The van der Waals surface area contributed by atoms with E-state index in [9.17, 15) is 9.59 Å². The van der Waals surface area contributed by atoms with Gasteiger partial charge in [0.15, 0.2) is 0 Å². The van der Waals surface area contributed by atoms with Crippen molar-refractivity contribution in [1.82, 2.24) is 5.43 Å². The topological polar surface area (TPSA) is 58.5 Å². The molecule has 0 unspecified atom stereocenters. The van der Waals surface area contributed by atoms with Gasteiger partial charge in [0, 0.05) is 11.6 Å². The summed E-state index contributed by atoms with van der Waals surface area (Å²) in [6.45, 7) is 7.07. The summed E-state index contributed by atoms with van der Waals surface area (Å²) in [5.41, 5.74) is 3.05. The van der Waals surface area contributed by atoms with Crippen molar-refractivity contribution in [2.45, 2.75) is 34.1 Å². The highest BCUT2D eigenvalue weighted by atomic mass is 16.2. The number of rotatable bonds is 4. The minimum atomic E-state index is -0.347. The normalized spacial score (nSPS) is 9.62. The van der Waals surface area contributed by atoms with E-state index in [1.807, 2.05) is 0 Å². The molecular weight excluding hydrogens is 168 g/mol. The van der Waals surface area contributed by atoms with Crippen LogP contribution in [0.25, 0.3) is 0 Å². The number of amides is 1. The van der Waals surface area contributed by atoms with Crippen molar-refractivity contribution in [2.75, 3.05) is 0 Å². The Morgan fingerprint density at radius 1 is 1.31 bits per heavy atom. The number of hydrazone groups is 1. The Bertz CT molecular complexity index is 228. The second kappa shape index (κ2) is 5.45. The lowest BCUT2D eigenvalue weighted by molar-refractivity contribution is -0.129. The predicted molar refractivity (Wildman–Crippen MR) is 51.4 cm³/mol. The van der Waals surface area contributed by atoms with E-state index in [1.165, 1.54) is 0 Å². The molecule has 0 aliphatic heterocycles. The average molecular weight is 184 g/mol. The van der Waals surface area contributed by atoms with Crippen molar-refractivity contribution in [3.63, 3.8) is 0 Å². The van der Waals surface area contributed by atoms with E-state index in [1.54, 1.807) is 27.7 Å². The third-order valence-corrected chi connectivity index (χ3v) is 1.38. The molecule has 0 spiro atoms. The molecule has 1 N–H and O–H groups in total. The number of nitrogens with zero attached hydrogens (tertiary/aromatic N) is 1. The summed E-state index contributed by atoms with van der Waals surface area (Å²) in [5.74, 6) is -0.515. The zero-order chi connectivity index (χ0) is 10.4. The van der Waals surface area contributed by atoms with E-state index in [0.717, 1.165) is 5.71 Å². The average Bonchev–Trinajstić information content (AvgIpc) is 2.00. The van der Waals surface area contributed by atoms with E-state index in [2.05, 4.69) is 10.5 Å². The number of hydrogen-bond acceptors (Lipinski definition) is 3. The van der Waals surface area contributed by atoms with Gasteiger partial charge in [0.25, 0.3) is 0 Å². The van der Waals surface area contributed by atoms with Gasteiger partial charge in [0.1, 0.15) is 5.78 Å². The Balaban J connectivity index is 3.89. The van der Waals surface area contributed by atoms with Crippen LogP contribution >= 0.6 is 0 Å². The Labute approximate surface area is 78.4 Å². The van der Waals surface area contributed by atoms with Crippen LogP contribution in [-0.4, -0.2) is 17.4 Å². The highest BCUT2D eigenvalue weighted by molar-refractivity contribution is 5.99. The van der Waals surface area contributed by atoms with E-state index in [-0.39, 0.29) is 24.0 Å². The summed E-state index contributed by atoms with van der Waals surface area (Å²) in [7, 11) is 0. The predicted octanol–water partition coefficient (Wildman–Crippen LogP) is 1.11. The van der Waals surface area contributed by atoms with Crippen molar-refractivity contribution in [3.8, 4) is 0 Å². The monoisotopic (exact) mass is 184 g/mol. The number of carbonyl (C=O) groups excluding carboxylic acids is 2. The van der Waals surface area contributed by atoms with E-state index >= 15 is 0 Å². The molecule has 74 valence electrons. The first-order valence-electron chi connectivity index (χ1n) is 4.26. The molecule has 0 heterocycles. The van der Waals surface area contributed by atoms with Crippen molar-refractivity contribution in [1.29, 1.82) is 0 Å². The summed E-state index contributed by atoms with van der Waals surface area (Å²) >= 11 is 0. The van der Waals surface area contributed by atoms with Crippen LogP contribution in [0.1, 0.15) is 34.1 Å². The molecule has 0 aromatic heterocycles. The second-order valence-corrected chi connectivity index (χ2v) is 3.39. The van der Waals surface area contributed by atoms with Crippen LogP contribution in [0.2, 0.25) is 0 Å². The first-order valence-corrected chi connectivity index (χ1v) is 4.26. The molecule has 0 aromatic carbocycles.